The van der Waals surface area contributed by atoms with E-state index in [2.05, 4.69) is 13.1 Å². The second-order valence-electron chi connectivity index (χ2n) is 6.15. The number of aromatic amines is 1. The molecule has 0 aliphatic carbocycles. The number of H-pyrrole nitrogens is 1. The maximum Gasteiger partial charge on any atom is 0.490 e. The minimum Gasteiger partial charge on any atom is -0.387 e. The maximum atomic E-state index is 13.8. The predicted octanol–water partition coefficient (Wildman–Crippen LogP) is -0.653. The van der Waals surface area contributed by atoms with Gasteiger partial charge in [0, 0.05) is 0 Å². The largest absolute Gasteiger partial charge is 0.490 e. The summed E-state index contributed by atoms with van der Waals surface area (Å²) >= 11 is 4.77. The summed E-state index contributed by atoms with van der Waals surface area (Å²) in [6.45, 7) is -3.18. The molecule has 0 radical (unpaired) electrons. The summed E-state index contributed by atoms with van der Waals surface area (Å²) in [7, 11) is -17.3. The molecule has 0 saturated carbocycles. The molecule has 6 atom stereocenters. The first-order chi connectivity index (χ1) is 14.4. The van der Waals surface area contributed by atoms with Crippen molar-refractivity contribution in [1.29, 1.82) is 0 Å². The Morgan fingerprint density at radius 2 is 1.78 bits per heavy atom. The smallest absolute Gasteiger partial charge is 0.387 e. The highest BCUT2D eigenvalue weighted by Gasteiger charge is 2.57. The molecule has 2 rings (SSSR count). The Labute approximate surface area is 180 Å². The van der Waals surface area contributed by atoms with Crippen molar-refractivity contribution in [2.75, 3.05) is 13.3 Å². The number of hydrogen-bond acceptors (Lipinski definition) is 11. The molecule has 1 aromatic rings. The van der Waals surface area contributed by atoms with E-state index in [9.17, 15) is 42.4 Å². The van der Waals surface area contributed by atoms with Crippen molar-refractivity contribution in [2.24, 2.45) is 0 Å². The van der Waals surface area contributed by atoms with E-state index >= 15 is 0 Å². The summed E-state index contributed by atoms with van der Waals surface area (Å²) in [5.74, 6) is -1.39. The highest BCUT2D eigenvalue weighted by Crippen LogP contribution is 2.66. The summed E-state index contributed by atoms with van der Waals surface area (Å²) in [6, 6.07) is 0. The number of aliphatic hydroxyl groups is 2. The fraction of sp³-hybridized carbons (Fsp3) is 0.600. The van der Waals surface area contributed by atoms with Crippen LogP contribution >= 0.6 is 35.7 Å². The van der Waals surface area contributed by atoms with Crippen molar-refractivity contribution >= 4 is 35.7 Å². The van der Waals surface area contributed by atoms with Gasteiger partial charge in [-0.2, -0.15) is 13.0 Å². The number of phosphoric acid groups is 3. The fourth-order valence-corrected chi connectivity index (χ4v) is 5.81. The van der Waals surface area contributed by atoms with Gasteiger partial charge in [0.15, 0.2) is 16.6 Å². The first-order valence-corrected chi connectivity index (χ1v) is 12.7. The number of alkyl halides is 1. The van der Waals surface area contributed by atoms with Gasteiger partial charge in [-0.25, -0.2) is 18.1 Å². The minimum atomic E-state index is -5.87. The van der Waals surface area contributed by atoms with Crippen molar-refractivity contribution in [3.05, 3.63) is 27.1 Å². The van der Waals surface area contributed by atoms with E-state index in [-0.39, 0.29) is 0 Å². The van der Waals surface area contributed by atoms with Crippen LogP contribution in [0.25, 0.3) is 0 Å². The van der Waals surface area contributed by atoms with E-state index in [1.807, 2.05) is 4.98 Å². The lowest BCUT2D eigenvalue weighted by Gasteiger charge is -2.29. The van der Waals surface area contributed by atoms with Crippen LogP contribution in [0.5, 0.6) is 0 Å². The van der Waals surface area contributed by atoms with Crippen molar-refractivity contribution in [2.45, 2.75) is 24.0 Å². The van der Waals surface area contributed by atoms with E-state index < -0.39 is 76.9 Å². The molecule has 1 fully saturated rings. The Hall–Kier alpha value is -0.750. The number of aromatic nitrogens is 2. The molecule has 22 heteroatoms. The zero-order valence-corrected chi connectivity index (χ0v) is 18.6. The highest BCUT2D eigenvalue weighted by molar-refractivity contribution is 7.71. The Kier molecular flexibility index (Phi) is 8.15. The van der Waals surface area contributed by atoms with Crippen molar-refractivity contribution in [3.63, 3.8) is 0 Å². The Balaban J connectivity index is 2.25. The number of phosphoric ester groups is 1. The molecule has 1 saturated heterocycles. The molecule has 16 nitrogen and oxygen atoms in total. The van der Waals surface area contributed by atoms with Crippen LogP contribution in [-0.2, 0) is 31.6 Å². The molecule has 184 valence electrons. The van der Waals surface area contributed by atoms with Crippen LogP contribution in [0.3, 0.4) is 0 Å². The number of ether oxygens (including phenoxy) is 1. The second kappa shape index (κ2) is 9.48. The number of nitrogens with one attached hydrogen (secondary N) is 1. The van der Waals surface area contributed by atoms with Crippen molar-refractivity contribution in [1.82, 2.24) is 9.55 Å². The first-order valence-electron chi connectivity index (χ1n) is 7.81. The SMILES string of the molecule is O=c1[nH]c(=S)n([C@@H]2O[C@](CF)(COP(=O)(O)OP(=O)(O)OP(=O)(O)O)C(O)[C@@H]2O)cc1F. The van der Waals surface area contributed by atoms with E-state index in [4.69, 9.17) is 31.6 Å². The van der Waals surface area contributed by atoms with Crippen LogP contribution < -0.4 is 5.56 Å². The van der Waals surface area contributed by atoms with Crippen molar-refractivity contribution in [3.8, 4) is 0 Å². The second-order valence-corrected chi connectivity index (χ2v) is 11.0. The summed E-state index contributed by atoms with van der Waals surface area (Å²) in [5, 5.41) is 20.4. The Bertz CT molecular complexity index is 1120. The monoisotopic (exact) mass is 550 g/mol. The number of nitrogens with zero attached hydrogens (tertiary/aromatic N) is 1. The third-order valence-corrected chi connectivity index (χ3v) is 7.92. The van der Waals surface area contributed by atoms with Crippen LogP contribution in [0.4, 0.5) is 8.78 Å². The highest BCUT2D eigenvalue weighted by atomic mass is 32.1. The zero-order valence-electron chi connectivity index (χ0n) is 15.1. The summed E-state index contributed by atoms with van der Waals surface area (Å²) < 4.78 is 77.5. The molecular weight excluding hydrogens is 535 g/mol. The van der Waals surface area contributed by atoms with Crippen LogP contribution in [0.2, 0.25) is 0 Å². The summed E-state index contributed by atoms with van der Waals surface area (Å²) in [6.07, 6.45) is -5.67. The van der Waals surface area contributed by atoms with Gasteiger partial charge in [0.2, 0.25) is 5.82 Å². The minimum absolute atomic E-state index is 0.471. The molecule has 0 bridgehead atoms. The van der Waals surface area contributed by atoms with Gasteiger partial charge >= 0.3 is 23.5 Å². The summed E-state index contributed by atoms with van der Waals surface area (Å²) in [4.78, 5) is 48.6. The molecule has 7 N–H and O–H groups in total. The molecule has 2 heterocycles. The predicted molar refractivity (Wildman–Crippen MR) is 96.5 cm³/mol. The van der Waals surface area contributed by atoms with Crippen LogP contribution in [0, 0.1) is 10.6 Å². The molecule has 0 aromatic carbocycles. The Morgan fingerprint density at radius 1 is 1.19 bits per heavy atom. The average Bonchev–Trinajstić information content (AvgIpc) is 2.85. The molecule has 1 aliphatic heterocycles. The van der Waals surface area contributed by atoms with E-state index in [1.54, 1.807) is 0 Å². The van der Waals surface area contributed by atoms with Gasteiger partial charge in [-0.05, 0) is 12.2 Å². The average molecular weight is 550 g/mol. The van der Waals surface area contributed by atoms with Gasteiger partial charge in [0.25, 0.3) is 5.56 Å². The van der Waals surface area contributed by atoms with E-state index in [1.165, 1.54) is 0 Å². The standard InChI is InChI=1S/C10H15F2N2O14P3S/c11-2-10(3-25-30(21,22)28-31(23,24)27-29(18,19)20)6(16)5(15)8(26-10)14-1-4(12)7(17)13-9(14)32/h1,5-6,8,15-16H,2-3H2,(H,21,22)(H,23,24)(H,13,17,32)(H2,18,19,20)/t5-,6?,8+,10+/m0/s1. The maximum absolute atomic E-state index is 13.8. The third kappa shape index (κ3) is 6.43. The molecule has 32 heavy (non-hydrogen) atoms. The van der Waals surface area contributed by atoms with E-state index in [0.717, 1.165) is 0 Å². The van der Waals surface area contributed by atoms with Crippen LogP contribution in [-0.4, -0.2) is 70.4 Å². The molecule has 1 aromatic heterocycles. The normalized spacial score (nSPS) is 30.1. The van der Waals surface area contributed by atoms with Gasteiger partial charge in [-0.15, -0.1) is 0 Å². The van der Waals surface area contributed by atoms with Gasteiger partial charge in [0.1, 0.15) is 18.9 Å². The fourth-order valence-electron chi connectivity index (χ4n) is 2.48. The van der Waals surface area contributed by atoms with Gasteiger partial charge in [0.05, 0.1) is 12.8 Å². The van der Waals surface area contributed by atoms with Crippen LogP contribution in [0.1, 0.15) is 6.23 Å². The lowest BCUT2D eigenvalue weighted by Crippen LogP contribution is -2.48. The lowest BCUT2D eigenvalue weighted by molar-refractivity contribution is -0.136. The molecule has 0 spiro atoms. The quantitative estimate of drug-likeness (QED) is 0.149. The lowest BCUT2D eigenvalue weighted by atomic mass is 9.98. The molecular formula is C10H15F2N2O14P3S. The third-order valence-electron chi connectivity index (χ3n) is 3.82. The van der Waals surface area contributed by atoms with Gasteiger partial charge < -0.3 is 34.5 Å². The van der Waals surface area contributed by atoms with Gasteiger partial charge in [-0.1, -0.05) is 0 Å². The summed E-state index contributed by atoms with van der Waals surface area (Å²) in [5.41, 5.74) is -3.89. The first kappa shape index (κ1) is 27.5. The van der Waals surface area contributed by atoms with Crippen LogP contribution in [0.15, 0.2) is 11.0 Å². The number of halogens is 2. The van der Waals surface area contributed by atoms with E-state index in [0.29, 0.717) is 10.8 Å². The number of aliphatic hydroxyl groups excluding tert-OH is 2. The topological polar surface area (TPSA) is 247 Å². The molecule has 0 amide bonds. The van der Waals surface area contributed by atoms with Crippen molar-refractivity contribution < 1.29 is 70.1 Å². The van der Waals surface area contributed by atoms with Gasteiger partial charge in [-0.3, -0.25) is 18.9 Å². The Morgan fingerprint density at radius 3 is 2.31 bits per heavy atom. The molecule has 3 unspecified atom stereocenters. The zero-order chi connectivity index (χ0) is 24.7. The number of hydrogen-bond donors (Lipinski definition) is 7. The molecule has 1 aliphatic rings. The number of rotatable bonds is 9.